The number of hydrogen-bond acceptors (Lipinski definition) is 1. The third kappa shape index (κ3) is 3.55. The van der Waals surface area contributed by atoms with E-state index in [-0.39, 0.29) is 5.56 Å². The lowest BCUT2D eigenvalue weighted by Gasteiger charge is -2.06. The van der Waals surface area contributed by atoms with Gasteiger partial charge in [0.2, 0.25) is 0 Å². The van der Waals surface area contributed by atoms with Crippen molar-refractivity contribution in [3.8, 4) is 0 Å². The molecule has 0 saturated heterocycles. The van der Waals surface area contributed by atoms with E-state index >= 15 is 0 Å². The van der Waals surface area contributed by atoms with E-state index in [0.29, 0.717) is 5.02 Å². The zero-order valence-corrected chi connectivity index (χ0v) is 8.62. The van der Waals surface area contributed by atoms with Crippen molar-refractivity contribution in [3.63, 3.8) is 0 Å². The van der Waals surface area contributed by atoms with Crippen LogP contribution in [0, 0.1) is 6.92 Å². The van der Waals surface area contributed by atoms with E-state index in [1.165, 1.54) is 18.2 Å². The first-order valence-corrected chi connectivity index (χ1v) is 4.53. The van der Waals surface area contributed by atoms with Crippen molar-refractivity contribution in [2.24, 2.45) is 0 Å². The molecule has 5 heteroatoms. The molecule has 0 saturated carbocycles. The summed E-state index contributed by atoms with van der Waals surface area (Å²) < 4.78 is 35.8. The molecular formula is C10H8ClF3O. The Balaban J connectivity index is 2.88. The van der Waals surface area contributed by atoms with E-state index in [4.69, 9.17) is 11.6 Å². The van der Waals surface area contributed by atoms with E-state index in [0.717, 1.165) is 5.56 Å². The molecule has 0 aromatic heterocycles. The van der Waals surface area contributed by atoms with Gasteiger partial charge < -0.3 is 0 Å². The molecule has 15 heavy (non-hydrogen) atoms. The minimum Gasteiger partial charge on any atom is -0.294 e. The summed E-state index contributed by atoms with van der Waals surface area (Å²) in [5.74, 6) is -0.968. The van der Waals surface area contributed by atoms with E-state index in [1.807, 2.05) is 0 Å². The van der Waals surface area contributed by atoms with Gasteiger partial charge in [0.1, 0.15) is 6.42 Å². The number of alkyl halides is 3. The van der Waals surface area contributed by atoms with Crippen LogP contribution < -0.4 is 0 Å². The SMILES string of the molecule is Cc1ccc(C(=O)CC(F)(F)F)cc1Cl. The van der Waals surface area contributed by atoms with Crippen molar-refractivity contribution in [2.75, 3.05) is 0 Å². The van der Waals surface area contributed by atoms with Crippen LogP contribution in [0.1, 0.15) is 22.3 Å². The number of halogens is 4. The lowest BCUT2D eigenvalue weighted by Crippen LogP contribution is -2.14. The second-order valence-electron chi connectivity index (χ2n) is 3.18. The van der Waals surface area contributed by atoms with Crippen molar-refractivity contribution in [1.29, 1.82) is 0 Å². The molecule has 0 heterocycles. The number of Topliss-reactive ketones (excluding diaryl/α,β-unsaturated/α-hetero) is 1. The first-order valence-electron chi connectivity index (χ1n) is 4.16. The minimum atomic E-state index is -4.48. The quantitative estimate of drug-likeness (QED) is 0.714. The smallest absolute Gasteiger partial charge is 0.294 e. The highest BCUT2D eigenvalue weighted by molar-refractivity contribution is 6.31. The van der Waals surface area contributed by atoms with Crippen LogP contribution in [0.5, 0.6) is 0 Å². The highest BCUT2D eigenvalue weighted by atomic mass is 35.5. The Labute approximate surface area is 89.9 Å². The summed E-state index contributed by atoms with van der Waals surface area (Å²) in [4.78, 5) is 11.1. The van der Waals surface area contributed by atoms with Crippen LogP contribution in [-0.2, 0) is 0 Å². The number of aryl methyl sites for hydroxylation is 1. The minimum absolute atomic E-state index is 0.0112. The molecule has 0 N–H and O–H groups in total. The van der Waals surface area contributed by atoms with Gasteiger partial charge in [0.15, 0.2) is 5.78 Å². The second kappa shape index (κ2) is 4.23. The normalized spacial score (nSPS) is 11.5. The van der Waals surface area contributed by atoms with E-state index in [9.17, 15) is 18.0 Å². The van der Waals surface area contributed by atoms with Crippen LogP contribution in [0.25, 0.3) is 0 Å². The van der Waals surface area contributed by atoms with Crippen LogP contribution in [0.3, 0.4) is 0 Å². The Kier molecular flexibility index (Phi) is 3.39. The number of ketones is 1. The fraction of sp³-hybridized carbons (Fsp3) is 0.300. The summed E-state index contributed by atoms with van der Waals surface area (Å²) in [7, 11) is 0. The molecule has 0 radical (unpaired) electrons. The third-order valence-electron chi connectivity index (χ3n) is 1.85. The Morgan fingerprint density at radius 3 is 2.47 bits per heavy atom. The molecule has 1 nitrogen and oxygen atoms in total. The van der Waals surface area contributed by atoms with Gasteiger partial charge >= 0.3 is 6.18 Å². The Hall–Kier alpha value is -1.03. The molecule has 0 unspecified atom stereocenters. The third-order valence-corrected chi connectivity index (χ3v) is 2.26. The summed E-state index contributed by atoms with van der Waals surface area (Å²) in [6, 6.07) is 4.12. The summed E-state index contributed by atoms with van der Waals surface area (Å²) in [5, 5.41) is 0.294. The molecule has 0 fully saturated rings. The fourth-order valence-corrected chi connectivity index (χ4v) is 1.23. The monoisotopic (exact) mass is 236 g/mol. The van der Waals surface area contributed by atoms with Crippen molar-refractivity contribution >= 4 is 17.4 Å². The lowest BCUT2D eigenvalue weighted by atomic mass is 10.1. The average molecular weight is 237 g/mol. The zero-order valence-electron chi connectivity index (χ0n) is 7.86. The molecule has 0 atom stereocenters. The highest BCUT2D eigenvalue weighted by Crippen LogP contribution is 2.24. The van der Waals surface area contributed by atoms with Gasteiger partial charge in [0.25, 0.3) is 0 Å². The lowest BCUT2D eigenvalue weighted by molar-refractivity contribution is -0.125. The van der Waals surface area contributed by atoms with Crippen LogP contribution in [0.4, 0.5) is 13.2 Å². The highest BCUT2D eigenvalue weighted by Gasteiger charge is 2.31. The molecule has 0 bridgehead atoms. The predicted octanol–water partition coefficient (Wildman–Crippen LogP) is 3.78. The van der Waals surface area contributed by atoms with Gasteiger partial charge in [-0.15, -0.1) is 0 Å². The molecule has 0 amide bonds. The molecule has 0 aliphatic rings. The molecule has 0 spiro atoms. The number of carbonyl (C=O) groups is 1. The Morgan fingerprint density at radius 2 is 2.00 bits per heavy atom. The van der Waals surface area contributed by atoms with Crippen LogP contribution in [-0.4, -0.2) is 12.0 Å². The van der Waals surface area contributed by atoms with Gasteiger partial charge in [-0.05, 0) is 18.6 Å². The van der Waals surface area contributed by atoms with Crippen LogP contribution >= 0.6 is 11.6 Å². The summed E-state index contributed by atoms with van der Waals surface area (Å²) in [6.45, 7) is 1.71. The van der Waals surface area contributed by atoms with Crippen molar-refractivity contribution in [2.45, 2.75) is 19.5 Å². The van der Waals surface area contributed by atoms with Gasteiger partial charge in [-0.3, -0.25) is 4.79 Å². The average Bonchev–Trinajstić information content (AvgIpc) is 2.06. The van der Waals surface area contributed by atoms with E-state index < -0.39 is 18.4 Å². The first kappa shape index (κ1) is 12.0. The standard InChI is InChI=1S/C10H8ClF3O/c1-6-2-3-7(4-8(6)11)9(15)5-10(12,13)14/h2-4H,5H2,1H3. The van der Waals surface area contributed by atoms with Crippen molar-refractivity contribution < 1.29 is 18.0 Å². The largest absolute Gasteiger partial charge is 0.396 e. The molecule has 0 aliphatic carbocycles. The van der Waals surface area contributed by atoms with Crippen LogP contribution in [0.15, 0.2) is 18.2 Å². The van der Waals surface area contributed by atoms with Crippen molar-refractivity contribution in [3.05, 3.63) is 34.3 Å². The van der Waals surface area contributed by atoms with Gasteiger partial charge in [0.05, 0.1) is 0 Å². The maximum atomic E-state index is 11.9. The maximum absolute atomic E-state index is 11.9. The molecule has 1 aromatic rings. The number of benzene rings is 1. The summed E-state index contributed by atoms with van der Waals surface area (Å²) in [5.41, 5.74) is 0.711. The van der Waals surface area contributed by atoms with Crippen LogP contribution in [0.2, 0.25) is 5.02 Å². The van der Waals surface area contributed by atoms with Gasteiger partial charge in [0, 0.05) is 10.6 Å². The molecular weight excluding hydrogens is 229 g/mol. The Morgan fingerprint density at radius 1 is 1.40 bits per heavy atom. The zero-order chi connectivity index (χ0) is 11.6. The van der Waals surface area contributed by atoms with Gasteiger partial charge in [-0.2, -0.15) is 13.2 Å². The number of hydrogen-bond donors (Lipinski definition) is 0. The van der Waals surface area contributed by atoms with Gasteiger partial charge in [-0.25, -0.2) is 0 Å². The van der Waals surface area contributed by atoms with E-state index in [2.05, 4.69) is 0 Å². The Bertz CT molecular complexity index is 385. The summed E-state index contributed by atoms with van der Waals surface area (Å²) in [6.07, 6.45) is -5.93. The fourth-order valence-electron chi connectivity index (χ4n) is 1.05. The molecule has 1 rings (SSSR count). The van der Waals surface area contributed by atoms with Crippen molar-refractivity contribution in [1.82, 2.24) is 0 Å². The van der Waals surface area contributed by atoms with Gasteiger partial charge in [-0.1, -0.05) is 23.7 Å². The van der Waals surface area contributed by atoms with E-state index in [1.54, 1.807) is 6.92 Å². The second-order valence-corrected chi connectivity index (χ2v) is 3.59. The predicted molar refractivity (Wildman–Crippen MR) is 51.2 cm³/mol. The first-order chi connectivity index (χ1) is 6.79. The maximum Gasteiger partial charge on any atom is 0.396 e. The topological polar surface area (TPSA) is 17.1 Å². The summed E-state index contributed by atoms with van der Waals surface area (Å²) >= 11 is 5.70. The molecule has 1 aromatic carbocycles. The molecule has 0 aliphatic heterocycles. The number of rotatable bonds is 2. The number of carbonyl (C=O) groups excluding carboxylic acids is 1. The molecule has 82 valence electrons.